The van der Waals surface area contributed by atoms with Crippen LogP contribution in [0.25, 0.3) is 11.0 Å². The Kier molecular flexibility index (Phi) is 3.08. The van der Waals surface area contributed by atoms with E-state index in [0.29, 0.717) is 17.5 Å². The summed E-state index contributed by atoms with van der Waals surface area (Å²) >= 11 is 0. The maximum Gasteiger partial charge on any atom is 0.314 e. The highest BCUT2D eigenvalue weighted by Crippen LogP contribution is 2.16. The number of benzene rings is 1. The summed E-state index contributed by atoms with van der Waals surface area (Å²) in [6.07, 6.45) is 0.516. The molecule has 1 heterocycles. The average Bonchev–Trinajstić information content (AvgIpc) is 2.30. The van der Waals surface area contributed by atoms with Crippen molar-refractivity contribution in [2.45, 2.75) is 18.2 Å². The largest absolute Gasteiger partial charge is 0.316 e. The van der Waals surface area contributed by atoms with Gasteiger partial charge in [0.05, 0.1) is 21.7 Å². The molecule has 18 heavy (non-hydrogen) atoms. The van der Waals surface area contributed by atoms with Crippen LogP contribution in [0.3, 0.4) is 0 Å². The van der Waals surface area contributed by atoms with Crippen molar-refractivity contribution in [3.8, 4) is 0 Å². The molecule has 2 rings (SSSR count). The Labute approximate surface area is 103 Å². The Morgan fingerprint density at radius 3 is 2.28 bits per heavy atom. The predicted molar refractivity (Wildman–Crippen MR) is 67.5 cm³/mol. The zero-order valence-electron chi connectivity index (χ0n) is 9.69. The van der Waals surface area contributed by atoms with E-state index in [2.05, 4.69) is 9.97 Å². The Bertz CT molecular complexity index is 802. The molecule has 0 amide bonds. The molecule has 1 aromatic carbocycles. The molecule has 0 saturated heterocycles. The van der Waals surface area contributed by atoms with Crippen LogP contribution in [0, 0.1) is 0 Å². The van der Waals surface area contributed by atoms with Crippen LogP contribution >= 0.6 is 0 Å². The molecule has 6 nitrogen and oxygen atoms in total. The molecule has 2 aromatic rings. The first-order valence-electron chi connectivity index (χ1n) is 5.43. The molecule has 96 valence electrons. The summed E-state index contributed by atoms with van der Waals surface area (Å²) in [7, 11) is -3.34. The van der Waals surface area contributed by atoms with Crippen LogP contribution in [0.5, 0.6) is 0 Å². The SMILES string of the molecule is CCCS(=O)(=O)c1ccc2[nH]c(=O)c(=O)[nH]c2c1. The Hall–Kier alpha value is -1.89. The summed E-state index contributed by atoms with van der Waals surface area (Å²) < 4.78 is 23.7. The van der Waals surface area contributed by atoms with Gasteiger partial charge in [-0.3, -0.25) is 9.59 Å². The minimum atomic E-state index is -3.34. The van der Waals surface area contributed by atoms with Gasteiger partial charge in [0.15, 0.2) is 9.84 Å². The molecule has 0 atom stereocenters. The number of hydrogen-bond acceptors (Lipinski definition) is 4. The van der Waals surface area contributed by atoms with E-state index in [1.54, 1.807) is 6.92 Å². The highest BCUT2D eigenvalue weighted by molar-refractivity contribution is 7.91. The Morgan fingerprint density at radius 2 is 1.67 bits per heavy atom. The number of nitrogens with one attached hydrogen (secondary N) is 2. The fourth-order valence-electron chi connectivity index (χ4n) is 1.67. The molecule has 0 unspecified atom stereocenters. The van der Waals surface area contributed by atoms with Crippen LogP contribution in [0.2, 0.25) is 0 Å². The number of H-pyrrole nitrogens is 2. The molecule has 0 radical (unpaired) electrons. The highest BCUT2D eigenvalue weighted by Gasteiger charge is 2.13. The quantitative estimate of drug-likeness (QED) is 0.787. The van der Waals surface area contributed by atoms with Gasteiger partial charge >= 0.3 is 11.1 Å². The number of aromatic amines is 2. The second kappa shape index (κ2) is 4.41. The predicted octanol–water partition coefficient (Wildman–Crippen LogP) is 0.400. The first-order chi connectivity index (χ1) is 8.44. The average molecular weight is 268 g/mol. The third-order valence-corrected chi connectivity index (χ3v) is 4.44. The monoisotopic (exact) mass is 268 g/mol. The van der Waals surface area contributed by atoms with Gasteiger partial charge in [0.1, 0.15) is 0 Å². The lowest BCUT2D eigenvalue weighted by Crippen LogP contribution is -2.28. The van der Waals surface area contributed by atoms with Gasteiger partial charge in [-0.1, -0.05) is 6.92 Å². The molecule has 0 spiro atoms. The molecule has 0 saturated carbocycles. The molecule has 2 N–H and O–H groups in total. The van der Waals surface area contributed by atoms with Crippen molar-refractivity contribution in [1.82, 2.24) is 9.97 Å². The van der Waals surface area contributed by atoms with E-state index in [4.69, 9.17) is 0 Å². The first kappa shape index (κ1) is 12.6. The molecule has 7 heteroatoms. The number of hydrogen-bond donors (Lipinski definition) is 2. The van der Waals surface area contributed by atoms with E-state index >= 15 is 0 Å². The lowest BCUT2D eigenvalue weighted by Gasteiger charge is -2.04. The Morgan fingerprint density at radius 1 is 1.06 bits per heavy atom. The third-order valence-electron chi connectivity index (χ3n) is 2.53. The van der Waals surface area contributed by atoms with E-state index in [1.165, 1.54) is 18.2 Å². The number of rotatable bonds is 3. The van der Waals surface area contributed by atoms with Crippen molar-refractivity contribution in [1.29, 1.82) is 0 Å². The first-order valence-corrected chi connectivity index (χ1v) is 7.08. The van der Waals surface area contributed by atoms with Crippen molar-refractivity contribution in [3.05, 3.63) is 38.9 Å². The number of sulfone groups is 1. The van der Waals surface area contributed by atoms with Crippen molar-refractivity contribution in [2.75, 3.05) is 5.75 Å². The summed E-state index contributed by atoms with van der Waals surface area (Å²) in [5.74, 6) is 0.0477. The van der Waals surface area contributed by atoms with E-state index in [1.807, 2.05) is 0 Å². The summed E-state index contributed by atoms with van der Waals surface area (Å²) in [4.78, 5) is 27.1. The number of aromatic nitrogens is 2. The standard InChI is InChI=1S/C11H12N2O4S/c1-2-5-18(16,17)7-3-4-8-9(6-7)13-11(15)10(14)12-8/h3-4,6H,2,5H2,1H3,(H,12,14)(H,13,15). The fraction of sp³-hybridized carbons (Fsp3) is 0.273. The second-order valence-electron chi connectivity index (χ2n) is 3.93. The smallest absolute Gasteiger partial charge is 0.314 e. The van der Waals surface area contributed by atoms with Gasteiger partial charge < -0.3 is 9.97 Å². The maximum atomic E-state index is 11.9. The van der Waals surface area contributed by atoms with Crippen molar-refractivity contribution >= 4 is 20.9 Å². The zero-order valence-corrected chi connectivity index (χ0v) is 10.5. The van der Waals surface area contributed by atoms with Crippen molar-refractivity contribution < 1.29 is 8.42 Å². The van der Waals surface area contributed by atoms with E-state index < -0.39 is 21.0 Å². The molecular weight excluding hydrogens is 256 g/mol. The van der Waals surface area contributed by atoms with Gasteiger partial charge in [0.25, 0.3) is 0 Å². The van der Waals surface area contributed by atoms with Gasteiger partial charge in [-0.05, 0) is 24.6 Å². The van der Waals surface area contributed by atoms with Crippen molar-refractivity contribution in [2.24, 2.45) is 0 Å². The topological polar surface area (TPSA) is 99.9 Å². The highest BCUT2D eigenvalue weighted by atomic mass is 32.2. The number of fused-ring (bicyclic) bond motifs is 1. The van der Waals surface area contributed by atoms with Gasteiger partial charge in [0, 0.05) is 0 Å². The minimum Gasteiger partial charge on any atom is -0.316 e. The lowest BCUT2D eigenvalue weighted by atomic mass is 10.3. The molecule has 0 bridgehead atoms. The van der Waals surface area contributed by atoms with Gasteiger partial charge in [0.2, 0.25) is 0 Å². The van der Waals surface area contributed by atoms with Gasteiger partial charge in [-0.15, -0.1) is 0 Å². The van der Waals surface area contributed by atoms with Crippen LogP contribution < -0.4 is 11.1 Å². The third kappa shape index (κ3) is 2.21. The van der Waals surface area contributed by atoms with E-state index in [9.17, 15) is 18.0 Å². The zero-order chi connectivity index (χ0) is 13.3. The van der Waals surface area contributed by atoms with Gasteiger partial charge in [-0.25, -0.2) is 8.42 Å². The van der Waals surface area contributed by atoms with Crippen LogP contribution in [0.1, 0.15) is 13.3 Å². The van der Waals surface area contributed by atoms with Gasteiger partial charge in [-0.2, -0.15) is 0 Å². The van der Waals surface area contributed by atoms with Crippen LogP contribution in [0.15, 0.2) is 32.7 Å². The summed E-state index contributed by atoms with van der Waals surface area (Å²) in [6.45, 7) is 1.78. The van der Waals surface area contributed by atoms with Crippen LogP contribution in [0.4, 0.5) is 0 Å². The molecule has 0 aliphatic carbocycles. The molecule has 1 aromatic heterocycles. The minimum absolute atomic E-state index is 0.0477. The molecule has 0 aliphatic rings. The summed E-state index contributed by atoms with van der Waals surface area (Å²) in [5.41, 5.74) is -0.856. The van der Waals surface area contributed by atoms with Crippen LogP contribution in [-0.4, -0.2) is 24.1 Å². The van der Waals surface area contributed by atoms with E-state index in [-0.39, 0.29) is 10.6 Å². The summed E-state index contributed by atoms with van der Waals surface area (Å²) in [6, 6.07) is 4.24. The Balaban J connectivity index is 2.68. The molecule has 0 aliphatic heterocycles. The normalized spacial score (nSPS) is 11.8. The second-order valence-corrected chi connectivity index (χ2v) is 6.04. The molecule has 0 fully saturated rings. The van der Waals surface area contributed by atoms with Crippen molar-refractivity contribution in [3.63, 3.8) is 0 Å². The van der Waals surface area contributed by atoms with Crippen LogP contribution in [-0.2, 0) is 9.84 Å². The van der Waals surface area contributed by atoms with E-state index in [0.717, 1.165) is 0 Å². The maximum absolute atomic E-state index is 11.9. The fourth-order valence-corrected chi connectivity index (χ4v) is 3.02. The lowest BCUT2D eigenvalue weighted by molar-refractivity contribution is 0.595. The molecular formula is C11H12N2O4S. The summed E-state index contributed by atoms with van der Waals surface area (Å²) in [5, 5.41) is 0.